The fourth-order valence-corrected chi connectivity index (χ4v) is 2.81. The van der Waals surface area contributed by atoms with Gasteiger partial charge in [0.15, 0.2) is 0 Å². The van der Waals surface area contributed by atoms with E-state index in [0.29, 0.717) is 25.4 Å². The van der Waals surface area contributed by atoms with Crippen molar-refractivity contribution in [3.05, 3.63) is 0 Å². The molecular weight excluding hydrogens is 272 g/mol. The predicted octanol–water partition coefficient (Wildman–Crippen LogP) is 0.512. The molecular formula is C15H24N2O4. The van der Waals surface area contributed by atoms with Crippen LogP contribution in [0.15, 0.2) is 0 Å². The van der Waals surface area contributed by atoms with E-state index < -0.39 is 0 Å². The van der Waals surface area contributed by atoms with Crippen molar-refractivity contribution in [1.82, 2.24) is 9.80 Å². The van der Waals surface area contributed by atoms with Gasteiger partial charge >= 0.3 is 5.97 Å². The van der Waals surface area contributed by atoms with Crippen molar-refractivity contribution in [2.75, 3.05) is 33.8 Å². The number of ether oxygens (including phenoxy) is 1. The van der Waals surface area contributed by atoms with E-state index in [0.717, 1.165) is 6.54 Å². The number of hydrogen-bond acceptors (Lipinski definition) is 4. The maximum Gasteiger partial charge on any atom is 0.310 e. The molecule has 6 nitrogen and oxygen atoms in total. The molecule has 1 heterocycles. The fourth-order valence-electron chi connectivity index (χ4n) is 2.81. The summed E-state index contributed by atoms with van der Waals surface area (Å²) >= 11 is 0. The topological polar surface area (TPSA) is 66.9 Å². The van der Waals surface area contributed by atoms with Crippen molar-refractivity contribution in [2.24, 2.45) is 17.8 Å². The lowest BCUT2D eigenvalue weighted by Crippen LogP contribution is -2.39. The molecule has 2 fully saturated rings. The third-order valence-corrected chi connectivity index (χ3v) is 4.27. The number of hydrogen-bond donors (Lipinski definition) is 0. The number of esters is 1. The zero-order valence-electron chi connectivity index (χ0n) is 13.0. The van der Waals surface area contributed by atoms with Gasteiger partial charge in [-0.1, -0.05) is 6.92 Å². The average molecular weight is 296 g/mol. The molecule has 2 rings (SSSR count). The summed E-state index contributed by atoms with van der Waals surface area (Å²) in [5, 5.41) is 0. The molecule has 0 aromatic heterocycles. The van der Waals surface area contributed by atoms with Crippen molar-refractivity contribution in [2.45, 2.75) is 26.2 Å². The second-order valence-electron chi connectivity index (χ2n) is 6.29. The molecule has 0 bridgehead atoms. The molecule has 2 aliphatic rings. The second kappa shape index (κ2) is 6.45. The maximum absolute atomic E-state index is 12.4. The van der Waals surface area contributed by atoms with Gasteiger partial charge < -0.3 is 14.5 Å². The highest BCUT2D eigenvalue weighted by atomic mass is 16.5. The first-order valence-corrected chi connectivity index (χ1v) is 7.53. The van der Waals surface area contributed by atoms with E-state index in [1.807, 2.05) is 4.90 Å². The van der Waals surface area contributed by atoms with Crippen LogP contribution in [-0.2, 0) is 19.1 Å². The van der Waals surface area contributed by atoms with E-state index in [-0.39, 0.29) is 29.6 Å². The van der Waals surface area contributed by atoms with Gasteiger partial charge in [0, 0.05) is 33.1 Å². The largest absolute Gasteiger partial charge is 0.469 e. The highest BCUT2D eigenvalue weighted by molar-refractivity contribution is 5.89. The van der Waals surface area contributed by atoms with Gasteiger partial charge in [-0.25, -0.2) is 0 Å². The standard InChI is InChI=1S/C15H24N2O4/c1-10(15(20)21-3)7-16(2)14(19)12-6-13(18)17(9-12)8-11-4-5-11/h10-12H,4-9H2,1-3H3. The number of amides is 2. The molecule has 0 radical (unpaired) electrons. The van der Waals surface area contributed by atoms with E-state index in [2.05, 4.69) is 4.74 Å². The molecule has 1 saturated carbocycles. The molecule has 0 aromatic rings. The smallest absolute Gasteiger partial charge is 0.310 e. The van der Waals surface area contributed by atoms with Crippen LogP contribution in [0.5, 0.6) is 0 Å². The van der Waals surface area contributed by atoms with Crippen LogP contribution in [0.4, 0.5) is 0 Å². The van der Waals surface area contributed by atoms with E-state index in [9.17, 15) is 14.4 Å². The van der Waals surface area contributed by atoms with Gasteiger partial charge in [-0.2, -0.15) is 0 Å². The molecule has 6 heteroatoms. The Kier molecular flexibility index (Phi) is 4.85. The van der Waals surface area contributed by atoms with E-state index in [4.69, 9.17) is 0 Å². The zero-order chi connectivity index (χ0) is 15.6. The Labute approximate surface area is 125 Å². The molecule has 1 saturated heterocycles. The molecule has 2 atom stereocenters. The summed E-state index contributed by atoms with van der Waals surface area (Å²) in [5.41, 5.74) is 0. The Hall–Kier alpha value is -1.59. The van der Waals surface area contributed by atoms with Gasteiger partial charge in [0.05, 0.1) is 18.9 Å². The zero-order valence-corrected chi connectivity index (χ0v) is 13.0. The maximum atomic E-state index is 12.4. The average Bonchev–Trinajstić information content (AvgIpc) is 3.20. The van der Waals surface area contributed by atoms with Crippen LogP contribution in [-0.4, -0.2) is 61.4 Å². The quantitative estimate of drug-likeness (QED) is 0.670. The van der Waals surface area contributed by atoms with E-state index >= 15 is 0 Å². The molecule has 2 amide bonds. The van der Waals surface area contributed by atoms with Crippen molar-refractivity contribution in [3.63, 3.8) is 0 Å². The summed E-state index contributed by atoms with van der Waals surface area (Å²) in [5.74, 6) is -0.297. The van der Waals surface area contributed by atoms with Crippen molar-refractivity contribution in [1.29, 1.82) is 0 Å². The third kappa shape index (κ3) is 3.95. The van der Waals surface area contributed by atoms with Gasteiger partial charge in [0.1, 0.15) is 0 Å². The van der Waals surface area contributed by atoms with Crippen LogP contribution in [0, 0.1) is 17.8 Å². The Morgan fingerprint density at radius 2 is 2.10 bits per heavy atom. The monoisotopic (exact) mass is 296 g/mol. The minimum atomic E-state index is -0.358. The van der Waals surface area contributed by atoms with Crippen molar-refractivity contribution < 1.29 is 19.1 Å². The molecule has 0 N–H and O–H groups in total. The van der Waals surface area contributed by atoms with Crippen LogP contribution in [0.25, 0.3) is 0 Å². The lowest BCUT2D eigenvalue weighted by Gasteiger charge is -2.23. The van der Waals surface area contributed by atoms with Crippen molar-refractivity contribution in [3.8, 4) is 0 Å². The highest BCUT2D eigenvalue weighted by Gasteiger charge is 2.38. The first kappa shape index (κ1) is 15.8. The first-order valence-electron chi connectivity index (χ1n) is 7.53. The lowest BCUT2D eigenvalue weighted by atomic mass is 10.1. The number of carbonyl (C=O) groups excluding carboxylic acids is 3. The molecule has 1 aliphatic carbocycles. The van der Waals surface area contributed by atoms with Gasteiger partial charge in [0.25, 0.3) is 0 Å². The fraction of sp³-hybridized carbons (Fsp3) is 0.800. The summed E-state index contributed by atoms with van der Waals surface area (Å²) in [6.45, 7) is 3.36. The Morgan fingerprint density at radius 3 is 2.67 bits per heavy atom. The number of carbonyl (C=O) groups is 3. The van der Waals surface area contributed by atoms with Gasteiger partial charge in [-0.15, -0.1) is 0 Å². The van der Waals surface area contributed by atoms with Crippen LogP contribution < -0.4 is 0 Å². The predicted molar refractivity (Wildman–Crippen MR) is 76.2 cm³/mol. The van der Waals surface area contributed by atoms with Crippen LogP contribution >= 0.6 is 0 Å². The van der Waals surface area contributed by atoms with Crippen molar-refractivity contribution >= 4 is 17.8 Å². The molecule has 0 aromatic carbocycles. The third-order valence-electron chi connectivity index (χ3n) is 4.27. The lowest BCUT2D eigenvalue weighted by molar-refractivity contribution is -0.146. The Balaban J connectivity index is 1.84. The number of methoxy groups -OCH3 is 1. The Bertz CT molecular complexity index is 433. The molecule has 21 heavy (non-hydrogen) atoms. The first-order chi connectivity index (χ1) is 9.92. The summed E-state index contributed by atoms with van der Waals surface area (Å²) in [6, 6.07) is 0. The SMILES string of the molecule is COC(=O)C(C)CN(C)C(=O)C1CC(=O)N(CC2CC2)C1. The number of likely N-dealkylation sites (tertiary alicyclic amines) is 1. The summed E-state index contributed by atoms with van der Waals surface area (Å²) in [6.07, 6.45) is 2.68. The van der Waals surface area contributed by atoms with E-state index in [1.54, 1.807) is 18.9 Å². The molecule has 2 unspecified atom stereocenters. The highest BCUT2D eigenvalue weighted by Crippen LogP contribution is 2.32. The van der Waals surface area contributed by atoms with Gasteiger partial charge in [-0.05, 0) is 18.8 Å². The minimum absolute atomic E-state index is 0.0580. The van der Waals surface area contributed by atoms with Crippen LogP contribution in [0.2, 0.25) is 0 Å². The number of nitrogens with zero attached hydrogens (tertiary/aromatic N) is 2. The van der Waals surface area contributed by atoms with Crippen LogP contribution in [0.1, 0.15) is 26.2 Å². The summed E-state index contributed by atoms with van der Waals surface area (Å²) < 4.78 is 4.66. The van der Waals surface area contributed by atoms with Gasteiger partial charge in [-0.3, -0.25) is 14.4 Å². The minimum Gasteiger partial charge on any atom is -0.469 e. The van der Waals surface area contributed by atoms with Crippen LogP contribution in [0.3, 0.4) is 0 Å². The van der Waals surface area contributed by atoms with Gasteiger partial charge in [0.2, 0.25) is 11.8 Å². The molecule has 1 aliphatic heterocycles. The Morgan fingerprint density at radius 1 is 1.43 bits per heavy atom. The van der Waals surface area contributed by atoms with E-state index in [1.165, 1.54) is 20.0 Å². The second-order valence-corrected chi connectivity index (χ2v) is 6.29. The molecule has 0 spiro atoms. The summed E-state index contributed by atoms with van der Waals surface area (Å²) in [4.78, 5) is 39.1. The normalized spacial score (nSPS) is 23.1. The summed E-state index contributed by atoms with van der Waals surface area (Å²) in [7, 11) is 3.02. The molecule has 118 valence electrons. The number of rotatable bonds is 6.